The highest BCUT2D eigenvalue weighted by atomic mass is 16.2. The van der Waals surface area contributed by atoms with Crippen LogP contribution in [0, 0.1) is 19.8 Å². The summed E-state index contributed by atoms with van der Waals surface area (Å²) in [6.07, 6.45) is 0.899. The lowest BCUT2D eigenvalue weighted by atomic mass is 10.1. The molecule has 1 aromatic carbocycles. The number of hydrogen-bond acceptors (Lipinski definition) is 2. The molecule has 1 rings (SSSR count). The van der Waals surface area contributed by atoms with E-state index in [4.69, 9.17) is 0 Å². The van der Waals surface area contributed by atoms with E-state index in [2.05, 4.69) is 25.2 Å². The van der Waals surface area contributed by atoms with Gasteiger partial charge < -0.3 is 10.2 Å². The number of benzene rings is 1. The molecule has 0 spiro atoms. The molecule has 0 atom stereocenters. The van der Waals surface area contributed by atoms with Gasteiger partial charge in [-0.15, -0.1) is 0 Å². The highest BCUT2D eigenvalue weighted by molar-refractivity contribution is 5.94. The molecule has 0 aliphatic heterocycles. The quantitative estimate of drug-likeness (QED) is 0.875. The van der Waals surface area contributed by atoms with Crippen molar-refractivity contribution in [2.75, 3.05) is 18.4 Å². The number of hydrogen-bond donors (Lipinski definition) is 1. The van der Waals surface area contributed by atoms with Gasteiger partial charge in [0.2, 0.25) is 11.8 Å². The van der Waals surface area contributed by atoms with Gasteiger partial charge in [0.05, 0.1) is 6.54 Å². The number of anilines is 1. The normalized spacial score (nSPS) is 10.6. The molecule has 1 aromatic rings. The van der Waals surface area contributed by atoms with Crippen molar-refractivity contribution in [2.24, 2.45) is 5.92 Å². The van der Waals surface area contributed by atoms with Crippen LogP contribution in [-0.2, 0) is 9.59 Å². The van der Waals surface area contributed by atoms with Gasteiger partial charge in [0, 0.05) is 19.2 Å². The number of rotatable bonds is 6. The van der Waals surface area contributed by atoms with Gasteiger partial charge in [-0.1, -0.05) is 19.9 Å². The van der Waals surface area contributed by atoms with Crippen LogP contribution in [-0.4, -0.2) is 29.8 Å². The summed E-state index contributed by atoms with van der Waals surface area (Å²) in [5.74, 6) is 0.291. The largest absolute Gasteiger partial charge is 0.334 e. The first-order chi connectivity index (χ1) is 9.77. The van der Waals surface area contributed by atoms with E-state index in [1.54, 1.807) is 4.90 Å². The molecular formula is C17H26N2O2. The van der Waals surface area contributed by atoms with Gasteiger partial charge in [0.15, 0.2) is 0 Å². The Morgan fingerprint density at radius 3 is 2.19 bits per heavy atom. The molecule has 0 saturated heterocycles. The van der Waals surface area contributed by atoms with Crippen LogP contribution < -0.4 is 5.32 Å². The standard InChI is InChI=1S/C17H26N2O2/c1-12(2)6-7-19(15(5)20)11-17(21)18-16-9-13(3)8-14(4)10-16/h8-10,12H,6-7,11H2,1-5H3,(H,18,21). The predicted octanol–water partition coefficient (Wildman–Crippen LogP) is 3.14. The highest BCUT2D eigenvalue weighted by Gasteiger charge is 2.14. The Morgan fingerprint density at radius 1 is 1.14 bits per heavy atom. The predicted molar refractivity (Wildman–Crippen MR) is 86.3 cm³/mol. The number of carbonyl (C=O) groups is 2. The zero-order valence-electron chi connectivity index (χ0n) is 13.7. The van der Waals surface area contributed by atoms with Crippen molar-refractivity contribution < 1.29 is 9.59 Å². The number of nitrogens with one attached hydrogen (secondary N) is 1. The molecule has 0 aliphatic carbocycles. The minimum Gasteiger partial charge on any atom is -0.334 e. The van der Waals surface area contributed by atoms with E-state index in [0.29, 0.717) is 12.5 Å². The molecule has 0 radical (unpaired) electrons. The fourth-order valence-electron chi connectivity index (χ4n) is 2.18. The second-order valence-corrected chi connectivity index (χ2v) is 6.05. The third-order valence-corrected chi connectivity index (χ3v) is 3.26. The molecule has 2 amide bonds. The SMILES string of the molecule is CC(=O)N(CCC(C)C)CC(=O)Nc1cc(C)cc(C)c1. The number of nitrogens with zero attached hydrogens (tertiary/aromatic N) is 1. The van der Waals surface area contributed by atoms with E-state index >= 15 is 0 Å². The summed E-state index contributed by atoms with van der Waals surface area (Å²) >= 11 is 0. The zero-order valence-corrected chi connectivity index (χ0v) is 13.7. The molecule has 116 valence electrons. The lowest BCUT2D eigenvalue weighted by Gasteiger charge is -2.21. The van der Waals surface area contributed by atoms with Gasteiger partial charge in [0.25, 0.3) is 0 Å². The summed E-state index contributed by atoms with van der Waals surface area (Å²) < 4.78 is 0. The van der Waals surface area contributed by atoms with Crippen LogP contribution in [0.5, 0.6) is 0 Å². The molecule has 1 N–H and O–H groups in total. The first kappa shape index (κ1) is 17.2. The van der Waals surface area contributed by atoms with E-state index in [1.165, 1.54) is 6.92 Å². The highest BCUT2D eigenvalue weighted by Crippen LogP contribution is 2.13. The molecule has 0 saturated carbocycles. The molecule has 4 nitrogen and oxygen atoms in total. The molecule has 0 fully saturated rings. The number of aryl methyl sites for hydroxylation is 2. The lowest BCUT2D eigenvalue weighted by molar-refractivity contribution is -0.132. The van der Waals surface area contributed by atoms with Crippen molar-refractivity contribution in [2.45, 2.75) is 41.0 Å². The van der Waals surface area contributed by atoms with Gasteiger partial charge in [-0.2, -0.15) is 0 Å². The minimum atomic E-state index is -0.154. The fraction of sp³-hybridized carbons (Fsp3) is 0.529. The first-order valence-electron chi connectivity index (χ1n) is 7.41. The Labute approximate surface area is 127 Å². The Hall–Kier alpha value is -1.84. The van der Waals surface area contributed by atoms with Crippen LogP contribution in [0.1, 0.15) is 38.3 Å². The van der Waals surface area contributed by atoms with Gasteiger partial charge in [-0.3, -0.25) is 9.59 Å². The van der Waals surface area contributed by atoms with Gasteiger partial charge in [-0.25, -0.2) is 0 Å². The average Bonchev–Trinajstić information content (AvgIpc) is 2.32. The van der Waals surface area contributed by atoms with Gasteiger partial charge in [0.1, 0.15) is 0 Å². The Kier molecular flexibility index (Phi) is 6.40. The third kappa shape index (κ3) is 6.43. The second-order valence-electron chi connectivity index (χ2n) is 6.05. The van der Waals surface area contributed by atoms with E-state index in [-0.39, 0.29) is 18.4 Å². The minimum absolute atomic E-state index is 0.0637. The van der Waals surface area contributed by atoms with E-state index < -0.39 is 0 Å². The maximum absolute atomic E-state index is 12.1. The average molecular weight is 290 g/mol. The summed E-state index contributed by atoms with van der Waals surface area (Å²) in [7, 11) is 0. The number of carbonyl (C=O) groups excluding carboxylic acids is 2. The Morgan fingerprint density at radius 2 is 1.71 bits per heavy atom. The number of amides is 2. The van der Waals surface area contributed by atoms with Crippen LogP contribution in [0.25, 0.3) is 0 Å². The summed E-state index contributed by atoms with van der Waals surface area (Å²) in [4.78, 5) is 25.3. The van der Waals surface area contributed by atoms with Crippen LogP contribution in [0.4, 0.5) is 5.69 Å². The molecule has 4 heteroatoms. The van der Waals surface area contributed by atoms with Crippen LogP contribution in [0.15, 0.2) is 18.2 Å². The molecular weight excluding hydrogens is 264 g/mol. The maximum Gasteiger partial charge on any atom is 0.243 e. The fourth-order valence-corrected chi connectivity index (χ4v) is 2.18. The van der Waals surface area contributed by atoms with Gasteiger partial charge >= 0.3 is 0 Å². The molecule has 0 bridgehead atoms. The van der Waals surface area contributed by atoms with Crippen LogP contribution in [0.2, 0.25) is 0 Å². The Bertz CT molecular complexity index is 489. The first-order valence-corrected chi connectivity index (χ1v) is 7.41. The molecule has 0 heterocycles. The summed E-state index contributed by atoms with van der Waals surface area (Å²) in [5.41, 5.74) is 2.99. The third-order valence-electron chi connectivity index (χ3n) is 3.26. The molecule has 0 unspecified atom stereocenters. The van der Waals surface area contributed by atoms with Crippen LogP contribution >= 0.6 is 0 Å². The van der Waals surface area contributed by atoms with Crippen molar-refractivity contribution in [1.29, 1.82) is 0 Å². The van der Waals surface area contributed by atoms with Crippen molar-refractivity contribution in [3.63, 3.8) is 0 Å². The summed E-state index contributed by atoms with van der Waals surface area (Å²) in [6.45, 7) is 10.4. The van der Waals surface area contributed by atoms with Crippen molar-refractivity contribution >= 4 is 17.5 Å². The zero-order chi connectivity index (χ0) is 16.0. The lowest BCUT2D eigenvalue weighted by Crippen LogP contribution is -2.37. The monoisotopic (exact) mass is 290 g/mol. The molecule has 21 heavy (non-hydrogen) atoms. The van der Waals surface area contributed by atoms with E-state index in [1.807, 2.05) is 26.0 Å². The van der Waals surface area contributed by atoms with Gasteiger partial charge in [-0.05, 0) is 49.4 Å². The van der Waals surface area contributed by atoms with Crippen molar-refractivity contribution in [1.82, 2.24) is 4.90 Å². The van der Waals surface area contributed by atoms with Crippen molar-refractivity contribution in [3.05, 3.63) is 29.3 Å². The van der Waals surface area contributed by atoms with Crippen molar-refractivity contribution in [3.8, 4) is 0 Å². The second kappa shape index (κ2) is 7.81. The topological polar surface area (TPSA) is 49.4 Å². The summed E-state index contributed by atoms with van der Waals surface area (Å²) in [6, 6.07) is 5.91. The Balaban J connectivity index is 2.63. The molecule has 0 aliphatic rings. The van der Waals surface area contributed by atoms with Crippen LogP contribution in [0.3, 0.4) is 0 Å². The summed E-state index contributed by atoms with van der Waals surface area (Å²) in [5, 5.41) is 2.86. The van der Waals surface area contributed by atoms with E-state index in [0.717, 1.165) is 23.2 Å². The van der Waals surface area contributed by atoms with E-state index in [9.17, 15) is 9.59 Å². The maximum atomic E-state index is 12.1. The smallest absolute Gasteiger partial charge is 0.243 e. The molecule has 0 aromatic heterocycles.